The van der Waals surface area contributed by atoms with E-state index in [1.54, 1.807) is 12.0 Å². The molecule has 1 fully saturated rings. The molecule has 1 aromatic rings. The number of benzene rings is 1. The molecule has 4 heteroatoms. The molecule has 0 bridgehead atoms. The highest BCUT2D eigenvalue weighted by atomic mass is 16.5. The first kappa shape index (κ1) is 12.6. The lowest BCUT2D eigenvalue weighted by Gasteiger charge is -2.31. The summed E-state index contributed by atoms with van der Waals surface area (Å²) >= 11 is 0. The smallest absolute Gasteiger partial charge is 0.237 e. The van der Waals surface area contributed by atoms with Crippen molar-refractivity contribution < 1.29 is 14.3 Å². The van der Waals surface area contributed by atoms with E-state index in [4.69, 9.17) is 4.74 Å². The Morgan fingerprint density at radius 1 is 1.33 bits per heavy atom. The highest BCUT2D eigenvalue weighted by Gasteiger charge is 2.32. The zero-order chi connectivity index (χ0) is 13.1. The molecule has 0 aromatic heterocycles. The molecule has 1 aliphatic rings. The van der Waals surface area contributed by atoms with E-state index in [0.29, 0.717) is 13.0 Å². The molecule has 4 nitrogen and oxygen atoms in total. The van der Waals surface area contributed by atoms with Gasteiger partial charge in [0.05, 0.1) is 13.0 Å². The number of nitrogens with zero attached hydrogens (tertiary/aromatic N) is 1. The van der Waals surface area contributed by atoms with Gasteiger partial charge in [-0.15, -0.1) is 0 Å². The molecular weight excluding hydrogens is 230 g/mol. The van der Waals surface area contributed by atoms with E-state index in [0.717, 1.165) is 17.9 Å². The van der Waals surface area contributed by atoms with Crippen molar-refractivity contribution >= 4 is 17.4 Å². The number of hydrogen-bond donors (Lipinski definition) is 0. The van der Waals surface area contributed by atoms with Crippen molar-refractivity contribution in [3.05, 3.63) is 24.3 Å². The second kappa shape index (κ2) is 5.21. The van der Waals surface area contributed by atoms with Gasteiger partial charge < -0.3 is 9.64 Å². The zero-order valence-corrected chi connectivity index (χ0v) is 10.7. The van der Waals surface area contributed by atoms with Gasteiger partial charge in [0.25, 0.3) is 0 Å². The molecule has 0 aliphatic carbocycles. The normalized spacial score (nSPS) is 19.8. The predicted octanol–water partition coefficient (Wildman–Crippen LogP) is 2.03. The van der Waals surface area contributed by atoms with Crippen molar-refractivity contribution in [2.45, 2.75) is 19.8 Å². The first-order valence-corrected chi connectivity index (χ1v) is 6.09. The third-order valence-electron chi connectivity index (χ3n) is 3.31. The number of piperidine rings is 1. The van der Waals surface area contributed by atoms with Crippen LogP contribution in [-0.4, -0.2) is 25.3 Å². The van der Waals surface area contributed by atoms with Gasteiger partial charge in [-0.25, -0.2) is 0 Å². The average molecular weight is 247 g/mol. The lowest BCUT2D eigenvalue weighted by molar-refractivity contribution is -0.132. The molecule has 1 heterocycles. The monoisotopic (exact) mass is 247 g/mol. The van der Waals surface area contributed by atoms with E-state index < -0.39 is 5.92 Å². The number of anilines is 1. The first-order chi connectivity index (χ1) is 8.63. The van der Waals surface area contributed by atoms with Crippen LogP contribution in [0.1, 0.15) is 19.8 Å². The van der Waals surface area contributed by atoms with E-state index >= 15 is 0 Å². The molecule has 18 heavy (non-hydrogen) atoms. The fraction of sp³-hybridized carbons (Fsp3) is 0.429. The second-order valence-electron chi connectivity index (χ2n) is 4.49. The third kappa shape index (κ3) is 2.37. The lowest BCUT2D eigenvalue weighted by atomic mass is 9.93. The minimum Gasteiger partial charge on any atom is -0.497 e. The molecule has 1 unspecified atom stereocenters. The number of rotatable bonds is 3. The van der Waals surface area contributed by atoms with Crippen LogP contribution in [-0.2, 0) is 9.59 Å². The van der Waals surface area contributed by atoms with Crippen molar-refractivity contribution in [2.24, 2.45) is 5.92 Å². The minimum atomic E-state index is -0.471. The molecule has 1 atom stereocenters. The van der Waals surface area contributed by atoms with E-state index in [1.807, 2.05) is 24.3 Å². The number of ether oxygens (including phenoxy) is 1. The van der Waals surface area contributed by atoms with Crippen LogP contribution in [0.15, 0.2) is 24.3 Å². The topological polar surface area (TPSA) is 46.6 Å². The highest BCUT2D eigenvalue weighted by Crippen LogP contribution is 2.26. The summed E-state index contributed by atoms with van der Waals surface area (Å²) in [5.41, 5.74) is 0.826. The van der Waals surface area contributed by atoms with Crippen molar-refractivity contribution in [3.63, 3.8) is 0 Å². The Hall–Kier alpha value is -1.84. The number of amides is 1. The van der Waals surface area contributed by atoms with Crippen LogP contribution in [0.4, 0.5) is 5.69 Å². The lowest BCUT2D eigenvalue weighted by Crippen LogP contribution is -2.43. The largest absolute Gasteiger partial charge is 0.497 e. The van der Waals surface area contributed by atoms with Gasteiger partial charge in [-0.3, -0.25) is 9.59 Å². The van der Waals surface area contributed by atoms with Crippen molar-refractivity contribution in [3.8, 4) is 5.75 Å². The Morgan fingerprint density at radius 2 is 2.00 bits per heavy atom. The van der Waals surface area contributed by atoms with E-state index in [-0.39, 0.29) is 11.7 Å². The van der Waals surface area contributed by atoms with Gasteiger partial charge in [0.1, 0.15) is 11.5 Å². The average Bonchev–Trinajstić information content (AvgIpc) is 2.39. The molecule has 0 N–H and O–H groups in total. The number of carbonyl (C=O) groups is 2. The Morgan fingerprint density at radius 3 is 2.56 bits per heavy atom. The van der Waals surface area contributed by atoms with Crippen molar-refractivity contribution in [2.75, 3.05) is 18.6 Å². The fourth-order valence-electron chi connectivity index (χ4n) is 2.27. The van der Waals surface area contributed by atoms with E-state index in [9.17, 15) is 9.59 Å². The Labute approximate surface area is 107 Å². The summed E-state index contributed by atoms with van der Waals surface area (Å²) < 4.78 is 5.09. The van der Waals surface area contributed by atoms with Gasteiger partial charge in [-0.05, 0) is 44.0 Å². The van der Waals surface area contributed by atoms with Gasteiger partial charge in [0.2, 0.25) is 5.91 Å². The maximum Gasteiger partial charge on any atom is 0.237 e. The molecule has 0 radical (unpaired) electrons. The number of Topliss-reactive ketones (excluding diaryl/α,β-unsaturated/α-hetero) is 1. The molecule has 1 amide bonds. The van der Waals surface area contributed by atoms with Gasteiger partial charge >= 0.3 is 0 Å². The number of ketones is 1. The summed E-state index contributed by atoms with van der Waals surface area (Å²) in [7, 11) is 1.60. The summed E-state index contributed by atoms with van der Waals surface area (Å²) in [5, 5.41) is 0. The van der Waals surface area contributed by atoms with Crippen molar-refractivity contribution in [1.82, 2.24) is 0 Å². The molecule has 1 saturated heterocycles. The fourth-order valence-corrected chi connectivity index (χ4v) is 2.27. The number of carbonyl (C=O) groups excluding carboxylic acids is 2. The van der Waals surface area contributed by atoms with E-state index in [1.165, 1.54) is 6.92 Å². The Bertz CT molecular complexity index is 453. The van der Waals surface area contributed by atoms with Crippen LogP contribution < -0.4 is 9.64 Å². The second-order valence-corrected chi connectivity index (χ2v) is 4.49. The van der Waals surface area contributed by atoms with Crippen LogP contribution >= 0.6 is 0 Å². The summed E-state index contributed by atoms with van der Waals surface area (Å²) in [6.45, 7) is 2.16. The third-order valence-corrected chi connectivity index (χ3v) is 3.31. The molecule has 1 aromatic carbocycles. The van der Waals surface area contributed by atoms with Crippen LogP contribution in [0, 0.1) is 5.92 Å². The Balaban J connectivity index is 2.21. The summed E-state index contributed by atoms with van der Waals surface area (Å²) in [5.74, 6) is 0.157. The quantitative estimate of drug-likeness (QED) is 0.768. The Kier molecular flexibility index (Phi) is 3.65. The molecule has 96 valence electrons. The van der Waals surface area contributed by atoms with Gasteiger partial charge in [-0.1, -0.05) is 0 Å². The maximum absolute atomic E-state index is 12.2. The van der Waals surface area contributed by atoms with Crippen LogP contribution in [0.2, 0.25) is 0 Å². The van der Waals surface area contributed by atoms with Crippen molar-refractivity contribution in [1.29, 1.82) is 0 Å². The van der Waals surface area contributed by atoms with E-state index in [2.05, 4.69) is 0 Å². The molecule has 0 spiro atoms. The highest BCUT2D eigenvalue weighted by molar-refractivity contribution is 6.08. The van der Waals surface area contributed by atoms with Crippen LogP contribution in [0.5, 0.6) is 5.75 Å². The summed E-state index contributed by atoms with van der Waals surface area (Å²) in [6.07, 6.45) is 1.53. The zero-order valence-electron chi connectivity index (χ0n) is 10.7. The molecule has 1 aliphatic heterocycles. The minimum absolute atomic E-state index is 0.0433. The first-order valence-electron chi connectivity index (χ1n) is 6.09. The number of hydrogen-bond acceptors (Lipinski definition) is 3. The SMILES string of the molecule is COc1ccc(N2CCCC(C(C)=O)C2=O)cc1. The van der Waals surface area contributed by atoms with Gasteiger partial charge in [0.15, 0.2) is 0 Å². The maximum atomic E-state index is 12.2. The van der Waals surface area contributed by atoms with Crippen LogP contribution in [0.3, 0.4) is 0 Å². The van der Waals surface area contributed by atoms with Gasteiger partial charge in [-0.2, -0.15) is 0 Å². The standard InChI is InChI=1S/C14H17NO3/c1-10(16)13-4-3-9-15(14(13)17)11-5-7-12(18-2)8-6-11/h5-8,13H,3-4,9H2,1-2H3. The molecule has 2 rings (SSSR count). The van der Waals surface area contributed by atoms with Crippen LogP contribution in [0.25, 0.3) is 0 Å². The summed E-state index contributed by atoms with van der Waals surface area (Å²) in [6, 6.07) is 7.33. The van der Waals surface area contributed by atoms with Gasteiger partial charge in [0, 0.05) is 12.2 Å². The predicted molar refractivity (Wildman–Crippen MR) is 68.8 cm³/mol. The summed E-state index contributed by atoms with van der Waals surface area (Å²) in [4.78, 5) is 25.3. The molecule has 0 saturated carbocycles. The number of methoxy groups -OCH3 is 1. The molecular formula is C14H17NO3.